The smallest absolute Gasteiger partial charge is 0.320 e. The van der Waals surface area contributed by atoms with E-state index >= 15 is 0 Å². The molecule has 0 fully saturated rings. The summed E-state index contributed by atoms with van der Waals surface area (Å²) in [6, 6.07) is 3.27. The first kappa shape index (κ1) is 29.5. The van der Waals surface area contributed by atoms with Gasteiger partial charge in [-0.05, 0) is 48.9 Å². The first-order valence-corrected chi connectivity index (χ1v) is 12.1. The van der Waals surface area contributed by atoms with Crippen molar-refractivity contribution < 1.29 is 39.3 Å². The number of amides is 1. The highest BCUT2D eigenvalue weighted by Gasteiger charge is 2.36. The van der Waals surface area contributed by atoms with Gasteiger partial charge in [-0.25, -0.2) is 0 Å². The van der Waals surface area contributed by atoms with Crippen LogP contribution in [0.4, 0.5) is 11.8 Å². The lowest BCUT2D eigenvalue weighted by Crippen LogP contribution is -2.47. The average Bonchev–Trinajstić information content (AvgIpc) is 3.30. The number of nitrogens with one attached hydrogen (secondary N) is 2. The second-order valence-electron chi connectivity index (χ2n) is 9.13. The minimum atomic E-state index is -1.85. The Morgan fingerprint density at radius 3 is 2.23 bits per heavy atom. The molecule has 1 aromatic carbocycles. The Balaban J connectivity index is 1.70. The second kappa shape index (κ2) is 12.7. The number of Topliss-reactive ketones (excluding diaryl/α,β-unsaturated/α-hetero) is 1. The number of carboxylic acids is 3. The van der Waals surface area contributed by atoms with Crippen molar-refractivity contribution in [2.75, 3.05) is 11.5 Å². The van der Waals surface area contributed by atoms with Crippen molar-refractivity contribution in [1.82, 2.24) is 20.3 Å². The number of H-pyrrole nitrogens is 1. The molecule has 11 N–H and O–H groups in total. The zero-order valence-corrected chi connectivity index (χ0v) is 21.2. The highest BCUT2D eigenvalue weighted by molar-refractivity contribution is 6.04. The summed E-state index contributed by atoms with van der Waals surface area (Å²) in [5.74, 6) is -7.72. The van der Waals surface area contributed by atoms with Crippen molar-refractivity contribution in [3.8, 4) is 0 Å². The van der Waals surface area contributed by atoms with Gasteiger partial charge >= 0.3 is 17.9 Å². The van der Waals surface area contributed by atoms with Crippen molar-refractivity contribution >= 4 is 52.4 Å². The molecule has 2 heterocycles. The summed E-state index contributed by atoms with van der Waals surface area (Å²) in [5, 5.41) is 30.6. The number of anilines is 2. The van der Waals surface area contributed by atoms with Crippen LogP contribution in [0, 0.1) is 5.92 Å². The number of nitrogen functional groups attached to an aromatic ring is 2. The van der Waals surface area contributed by atoms with Gasteiger partial charge in [-0.2, -0.15) is 9.97 Å². The van der Waals surface area contributed by atoms with Crippen LogP contribution in [-0.2, 0) is 32.0 Å². The third kappa shape index (κ3) is 7.28. The van der Waals surface area contributed by atoms with Gasteiger partial charge in [0, 0.05) is 18.2 Å². The maximum absolute atomic E-state index is 12.9. The molecule has 15 heteroatoms. The van der Waals surface area contributed by atoms with Gasteiger partial charge in [-0.15, -0.1) is 0 Å². The molecule has 3 aromatic rings. The Labute approximate surface area is 226 Å². The van der Waals surface area contributed by atoms with E-state index < -0.39 is 66.9 Å². The number of carboxylic acid groups (broad SMARTS) is 3. The molecule has 1 amide bonds. The van der Waals surface area contributed by atoms with Crippen molar-refractivity contribution in [3.05, 3.63) is 47.2 Å². The Morgan fingerprint density at radius 1 is 0.950 bits per heavy atom. The lowest BCUT2D eigenvalue weighted by molar-refractivity contribution is -0.148. The monoisotopic (exact) mass is 555 g/mol. The zero-order chi connectivity index (χ0) is 29.6. The van der Waals surface area contributed by atoms with Crippen LogP contribution in [0.2, 0.25) is 0 Å². The molecule has 0 spiro atoms. The molecule has 212 valence electrons. The minimum absolute atomic E-state index is 0.0569. The number of hydrogen-bond acceptors (Lipinski definition) is 10. The van der Waals surface area contributed by atoms with Crippen LogP contribution in [0.15, 0.2) is 30.5 Å². The van der Waals surface area contributed by atoms with E-state index in [1.165, 1.54) is 12.1 Å². The SMILES string of the molecule is Nc1nc(N)c2c(CCc3ccc(C(=O)N[C@@H](CCC(=O)O)C(=O)C(C[C@H](N)C(=O)O)C(=O)O)cc3)c[nH]c2n1. The second-order valence-corrected chi connectivity index (χ2v) is 9.13. The third-order valence-electron chi connectivity index (χ3n) is 6.30. The van der Waals surface area contributed by atoms with E-state index in [-0.39, 0.29) is 17.3 Å². The Bertz CT molecular complexity index is 1440. The Morgan fingerprint density at radius 2 is 1.62 bits per heavy atom. The number of aromatic nitrogens is 3. The van der Waals surface area contributed by atoms with Crippen LogP contribution >= 0.6 is 0 Å². The van der Waals surface area contributed by atoms with Crippen LogP contribution < -0.4 is 22.5 Å². The first-order chi connectivity index (χ1) is 18.9. The van der Waals surface area contributed by atoms with E-state index in [0.29, 0.717) is 23.9 Å². The van der Waals surface area contributed by atoms with Crippen LogP contribution in [-0.4, -0.2) is 72.0 Å². The normalized spacial score (nSPS) is 13.3. The van der Waals surface area contributed by atoms with Gasteiger partial charge < -0.3 is 42.8 Å². The number of carbonyl (C=O) groups is 5. The number of rotatable bonds is 14. The summed E-state index contributed by atoms with van der Waals surface area (Å²) in [6.07, 6.45) is 1.25. The number of hydrogen-bond donors (Lipinski definition) is 8. The lowest BCUT2D eigenvalue weighted by atomic mass is 9.89. The van der Waals surface area contributed by atoms with E-state index in [2.05, 4.69) is 20.3 Å². The molecular formula is C25H29N7O8. The van der Waals surface area contributed by atoms with E-state index in [1.54, 1.807) is 18.3 Å². The first-order valence-electron chi connectivity index (χ1n) is 12.1. The molecule has 0 bridgehead atoms. The molecule has 0 radical (unpaired) electrons. The van der Waals surface area contributed by atoms with E-state index in [9.17, 15) is 29.1 Å². The van der Waals surface area contributed by atoms with Gasteiger partial charge in [0.25, 0.3) is 5.91 Å². The molecule has 0 saturated carbocycles. The molecule has 0 aliphatic heterocycles. The fourth-order valence-electron chi connectivity index (χ4n) is 4.17. The fourth-order valence-corrected chi connectivity index (χ4v) is 4.17. The predicted octanol–water partition coefficient (Wildman–Crippen LogP) is -0.0574. The Kier molecular flexibility index (Phi) is 9.34. The largest absolute Gasteiger partial charge is 0.481 e. The van der Waals surface area contributed by atoms with E-state index in [1.807, 2.05) is 0 Å². The molecule has 1 unspecified atom stereocenters. The van der Waals surface area contributed by atoms with Crippen LogP contribution in [0.5, 0.6) is 0 Å². The van der Waals surface area contributed by atoms with Gasteiger partial charge in [0.1, 0.15) is 23.4 Å². The summed E-state index contributed by atoms with van der Waals surface area (Å²) < 4.78 is 0. The van der Waals surface area contributed by atoms with Crippen molar-refractivity contribution in [3.63, 3.8) is 0 Å². The van der Waals surface area contributed by atoms with Gasteiger partial charge in [0.05, 0.1) is 11.4 Å². The van der Waals surface area contributed by atoms with Crippen LogP contribution in [0.3, 0.4) is 0 Å². The maximum atomic E-state index is 12.9. The summed E-state index contributed by atoms with van der Waals surface area (Å²) in [7, 11) is 0. The standard InChI is InChI=1S/C25H29N7O8/c26-15(24(39)40)9-14(23(37)38)19(35)16(7-8-17(33)34)30-22(36)12-4-1-11(2-5-12)3-6-13-10-29-21-18(13)20(27)31-25(28)32-21/h1-2,4-5,10,14-16H,3,6-9,26H2,(H,30,36)(H,33,34)(H,37,38)(H,39,40)(H5,27,28,29,31,32)/t14?,15-,16-/m0/s1. The molecule has 3 atom stereocenters. The van der Waals surface area contributed by atoms with Crippen molar-refractivity contribution in [2.24, 2.45) is 11.7 Å². The van der Waals surface area contributed by atoms with Gasteiger partial charge in [0.2, 0.25) is 5.95 Å². The van der Waals surface area contributed by atoms with Gasteiger partial charge in [0.15, 0.2) is 5.78 Å². The van der Waals surface area contributed by atoms with Crippen molar-refractivity contribution in [2.45, 2.75) is 44.2 Å². The highest BCUT2D eigenvalue weighted by Crippen LogP contribution is 2.24. The molecule has 15 nitrogen and oxygen atoms in total. The number of benzene rings is 1. The molecular weight excluding hydrogens is 526 g/mol. The number of aryl methyl sites for hydroxylation is 2. The number of nitrogens with two attached hydrogens (primary N) is 3. The predicted molar refractivity (Wildman–Crippen MR) is 141 cm³/mol. The number of aromatic amines is 1. The molecule has 3 rings (SSSR count). The van der Waals surface area contributed by atoms with Crippen LogP contribution in [0.1, 0.15) is 40.7 Å². The fraction of sp³-hybridized carbons (Fsp3) is 0.320. The van der Waals surface area contributed by atoms with Crippen molar-refractivity contribution in [1.29, 1.82) is 0 Å². The molecule has 0 aliphatic carbocycles. The molecule has 2 aromatic heterocycles. The number of aliphatic carboxylic acids is 3. The number of fused-ring (bicyclic) bond motifs is 1. The van der Waals surface area contributed by atoms with Crippen LogP contribution in [0.25, 0.3) is 11.0 Å². The molecule has 40 heavy (non-hydrogen) atoms. The number of carbonyl (C=O) groups excluding carboxylic acids is 2. The highest BCUT2D eigenvalue weighted by atomic mass is 16.4. The number of ketones is 1. The number of nitrogens with zero attached hydrogens (tertiary/aromatic N) is 2. The maximum Gasteiger partial charge on any atom is 0.320 e. The average molecular weight is 556 g/mol. The quantitative estimate of drug-likeness (QED) is 0.121. The van der Waals surface area contributed by atoms with Gasteiger partial charge in [-0.3, -0.25) is 24.0 Å². The summed E-state index contributed by atoms with van der Waals surface area (Å²) in [5.41, 5.74) is 19.4. The summed E-state index contributed by atoms with van der Waals surface area (Å²) in [4.78, 5) is 70.7. The zero-order valence-electron chi connectivity index (χ0n) is 21.2. The van der Waals surface area contributed by atoms with E-state index in [4.69, 9.17) is 27.4 Å². The topological polar surface area (TPSA) is 278 Å². The minimum Gasteiger partial charge on any atom is -0.481 e. The Hall–Kier alpha value is -5.05. The summed E-state index contributed by atoms with van der Waals surface area (Å²) in [6.45, 7) is 0. The molecule has 0 aliphatic rings. The van der Waals surface area contributed by atoms with Gasteiger partial charge in [-0.1, -0.05) is 12.1 Å². The summed E-state index contributed by atoms with van der Waals surface area (Å²) >= 11 is 0. The third-order valence-corrected chi connectivity index (χ3v) is 6.30. The van der Waals surface area contributed by atoms with E-state index in [0.717, 1.165) is 11.1 Å². The lowest BCUT2D eigenvalue weighted by Gasteiger charge is -2.22. The molecule has 0 saturated heterocycles.